The Kier molecular flexibility index (Phi) is 4.46. The van der Waals surface area contributed by atoms with Gasteiger partial charge < -0.3 is 9.80 Å². The number of carbonyl (C=O) groups excluding carboxylic acids is 1. The van der Waals surface area contributed by atoms with Crippen LogP contribution in [0.4, 0.5) is 14.5 Å². The third-order valence-corrected chi connectivity index (χ3v) is 4.73. The molecule has 1 aromatic carbocycles. The molecule has 0 N–H and O–H groups in total. The van der Waals surface area contributed by atoms with E-state index in [1.807, 2.05) is 4.90 Å². The molecule has 0 aromatic heterocycles. The normalized spacial score (nSPS) is 19.3. The highest BCUT2D eigenvalue weighted by Gasteiger charge is 2.29. The lowest BCUT2D eigenvalue weighted by atomic mass is 10.1. The highest BCUT2D eigenvalue weighted by molar-refractivity contribution is 5.83. The van der Waals surface area contributed by atoms with Gasteiger partial charge in [0, 0.05) is 19.6 Å². The van der Waals surface area contributed by atoms with Gasteiger partial charge in [0.1, 0.15) is 5.69 Å². The molecule has 1 aliphatic carbocycles. The second-order valence-corrected chi connectivity index (χ2v) is 6.31. The van der Waals surface area contributed by atoms with E-state index in [0.29, 0.717) is 19.0 Å². The van der Waals surface area contributed by atoms with E-state index >= 15 is 0 Å². The maximum atomic E-state index is 14.1. The van der Waals surface area contributed by atoms with E-state index in [1.54, 1.807) is 6.07 Å². The minimum atomic E-state index is -0.793. The highest BCUT2D eigenvalue weighted by atomic mass is 19.1. The Bertz CT molecular complexity index is 627. The maximum Gasteiger partial charge on any atom is 0.242 e. The van der Waals surface area contributed by atoms with Gasteiger partial charge in [-0.3, -0.25) is 4.79 Å². The first-order valence-corrected chi connectivity index (χ1v) is 8.00. The van der Waals surface area contributed by atoms with Crippen molar-refractivity contribution in [3.8, 4) is 6.07 Å². The van der Waals surface area contributed by atoms with E-state index in [1.165, 1.54) is 17.7 Å². The molecule has 0 unspecified atom stereocenters. The number of hydrogen-bond donors (Lipinski definition) is 0. The number of amides is 1. The average molecular weight is 319 g/mol. The third-order valence-electron chi connectivity index (χ3n) is 4.73. The Morgan fingerprint density at radius 2 is 1.83 bits per heavy atom. The standard InChI is InChI=1S/C17H19F2N3O/c18-14-7-13(9-20)8-15(19)17(14)22-6-5-21(16(23)11-22)10-12-3-1-2-4-12/h7-8,12H,1-6,10-11H2. The highest BCUT2D eigenvalue weighted by Crippen LogP contribution is 2.28. The molecular weight excluding hydrogens is 300 g/mol. The van der Waals surface area contributed by atoms with Crippen LogP contribution in [0.15, 0.2) is 12.1 Å². The SMILES string of the molecule is N#Cc1cc(F)c(N2CCN(CC3CCCC3)C(=O)C2)c(F)c1. The first kappa shape index (κ1) is 15.7. The zero-order chi connectivity index (χ0) is 16.4. The van der Waals surface area contributed by atoms with Crippen LogP contribution >= 0.6 is 0 Å². The molecule has 2 fully saturated rings. The molecular formula is C17H19F2N3O. The van der Waals surface area contributed by atoms with Crippen molar-refractivity contribution in [2.24, 2.45) is 5.92 Å². The quantitative estimate of drug-likeness (QED) is 0.860. The van der Waals surface area contributed by atoms with Crippen LogP contribution in [0.2, 0.25) is 0 Å². The molecule has 1 aliphatic heterocycles. The summed E-state index contributed by atoms with van der Waals surface area (Å²) in [5.74, 6) is -1.11. The molecule has 4 nitrogen and oxygen atoms in total. The summed E-state index contributed by atoms with van der Waals surface area (Å²) >= 11 is 0. The van der Waals surface area contributed by atoms with Crippen LogP contribution in [0.5, 0.6) is 0 Å². The Labute approximate surface area is 134 Å². The Balaban J connectivity index is 1.70. The maximum absolute atomic E-state index is 14.1. The molecule has 0 atom stereocenters. The third kappa shape index (κ3) is 3.29. The summed E-state index contributed by atoms with van der Waals surface area (Å²) in [4.78, 5) is 15.5. The molecule has 1 aromatic rings. The van der Waals surface area contributed by atoms with Crippen LogP contribution in [0, 0.1) is 28.9 Å². The van der Waals surface area contributed by atoms with Gasteiger partial charge in [-0.15, -0.1) is 0 Å². The van der Waals surface area contributed by atoms with Gasteiger partial charge in [-0.1, -0.05) is 12.8 Å². The minimum absolute atomic E-state index is 0.0214. The smallest absolute Gasteiger partial charge is 0.242 e. The fourth-order valence-electron chi connectivity index (χ4n) is 3.53. The summed E-state index contributed by atoms with van der Waals surface area (Å²) in [7, 11) is 0. The molecule has 0 radical (unpaired) electrons. The molecule has 1 saturated heterocycles. The second-order valence-electron chi connectivity index (χ2n) is 6.31. The number of halogens is 2. The molecule has 1 heterocycles. The van der Waals surface area contributed by atoms with Gasteiger partial charge in [0.2, 0.25) is 5.91 Å². The van der Waals surface area contributed by atoms with E-state index in [9.17, 15) is 13.6 Å². The number of nitriles is 1. The van der Waals surface area contributed by atoms with Gasteiger partial charge in [-0.2, -0.15) is 5.26 Å². The van der Waals surface area contributed by atoms with Crippen molar-refractivity contribution < 1.29 is 13.6 Å². The van der Waals surface area contributed by atoms with Gasteiger partial charge >= 0.3 is 0 Å². The zero-order valence-corrected chi connectivity index (χ0v) is 12.9. The molecule has 3 rings (SSSR count). The summed E-state index contributed by atoms with van der Waals surface area (Å²) in [6, 6.07) is 3.74. The van der Waals surface area contributed by atoms with E-state index < -0.39 is 11.6 Å². The first-order chi connectivity index (χ1) is 11.1. The number of hydrogen-bond acceptors (Lipinski definition) is 3. The summed E-state index contributed by atoms with van der Waals surface area (Å²) in [5.41, 5.74) is -0.271. The first-order valence-electron chi connectivity index (χ1n) is 8.00. The van der Waals surface area contributed by atoms with Crippen molar-refractivity contribution in [3.05, 3.63) is 29.3 Å². The lowest BCUT2D eigenvalue weighted by Crippen LogP contribution is -2.52. The van der Waals surface area contributed by atoms with Crippen molar-refractivity contribution >= 4 is 11.6 Å². The molecule has 23 heavy (non-hydrogen) atoms. The number of rotatable bonds is 3. The lowest BCUT2D eigenvalue weighted by Gasteiger charge is -2.37. The van der Waals surface area contributed by atoms with Crippen LogP contribution in [-0.4, -0.2) is 37.0 Å². The van der Waals surface area contributed by atoms with Crippen molar-refractivity contribution in [3.63, 3.8) is 0 Å². The van der Waals surface area contributed by atoms with Gasteiger partial charge in [0.05, 0.1) is 18.2 Å². The molecule has 2 aliphatic rings. The molecule has 1 saturated carbocycles. The minimum Gasteiger partial charge on any atom is -0.356 e. The number of benzene rings is 1. The molecule has 0 bridgehead atoms. The van der Waals surface area contributed by atoms with Crippen molar-refractivity contribution in [2.45, 2.75) is 25.7 Å². The van der Waals surface area contributed by atoms with Gasteiger partial charge in [0.15, 0.2) is 11.6 Å². The fraction of sp³-hybridized carbons (Fsp3) is 0.529. The largest absolute Gasteiger partial charge is 0.356 e. The molecule has 122 valence electrons. The van der Waals surface area contributed by atoms with Gasteiger partial charge in [-0.25, -0.2) is 8.78 Å². The Morgan fingerprint density at radius 3 is 2.39 bits per heavy atom. The predicted molar refractivity (Wildman–Crippen MR) is 81.8 cm³/mol. The van der Waals surface area contributed by atoms with E-state index in [2.05, 4.69) is 0 Å². The van der Waals surface area contributed by atoms with E-state index in [0.717, 1.165) is 31.5 Å². The topological polar surface area (TPSA) is 47.3 Å². The van der Waals surface area contributed by atoms with Gasteiger partial charge in [0.25, 0.3) is 0 Å². The van der Waals surface area contributed by atoms with Crippen molar-refractivity contribution in [2.75, 3.05) is 31.1 Å². The number of carbonyl (C=O) groups is 1. The zero-order valence-electron chi connectivity index (χ0n) is 12.9. The predicted octanol–water partition coefficient (Wildman–Crippen LogP) is 2.68. The number of nitrogens with zero attached hydrogens (tertiary/aromatic N) is 3. The molecule has 6 heteroatoms. The van der Waals surface area contributed by atoms with Crippen LogP contribution in [0.25, 0.3) is 0 Å². The Hall–Kier alpha value is -2.16. The number of anilines is 1. The summed E-state index contributed by atoms with van der Waals surface area (Å²) in [6.07, 6.45) is 4.76. The van der Waals surface area contributed by atoms with E-state index in [4.69, 9.17) is 5.26 Å². The summed E-state index contributed by atoms with van der Waals surface area (Å²) < 4.78 is 28.2. The van der Waals surface area contributed by atoms with Crippen LogP contribution in [-0.2, 0) is 4.79 Å². The number of piperazine rings is 1. The van der Waals surface area contributed by atoms with Crippen molar-refractivity contribution in [1.29, 1.82) is 5.26 Å². The van der Waals surface area contributed by atoms with Crippen LogP contribution in [0.1, 0.15) is 31.2 Å². The second kappa shape index (κ2) is 6.53. The lowest BCUT2D eigenvalue weighted by molar-refractivity contribution is -0.131. The fourth-order valence-corrected chi connectivity index (χ4v) is 3.53. The van der Waals surface area contributed by atoms with Crippen LogP contribution < -0.4 is 4.90 Å². The monoisotopic (exact) mass is 319 g/mol. The average Bonchev–Trinajstić information content (AvgIpc) is 3.02. The molecule has 1 amide bonds. The van der Waals surface area contributed by atoms with Crippen LogP contribution in [0.3, 0.4) is 0 Å². The van der Waals surface area contributed by atoms with Crippen molar-refractivity contribution in [1.82, 2.24) is 4.90 Å². The Morgan fingerprint density at radius 1 is 1.17 bits per heavy atom. The van der Waals surface area contributed by atoms with E-state index in [-0.39, 0.29) is 23.7 Å². The summed E-state index contributed by atoms with van der Waals surface area (Å²) in [5, 5.41) is 8.74. The van der Waals surface area contributed by atoms with Gasteiger partial charge in [-0.05, 0) is 30.9 Å². The summed E-state index contributed by atoms with van der Waals surface area (Å²) in [6.45, 7) is 1.61. The molecule has 0 spiro atoms.